The first kappa shape index (κ1) is 12.5. The summed E-state index contributed by atoms with van der Waals surface area (Å²) in [5.41, 5.74) is 0.896. The van der Waals surface area contributed by atoms with Gasteiger partial charge in [0.2, 0.25) is 5.88 Å². The predicted octanol–water partition coefficient (Wildman–Crippen LogP) is 2.53. The summed E-state index contributed by atoms with van der Waals surface area (Å²) < 4.78 is 40.4. The van der Waals surface area contributed by atoms with E-state index >= 15 is 0 Å². The number of hydrogen-bond donors (Lipinski definition) is 0. The van der Waals surface area contributed by atoms with Crippen LogP contribution in [0.4, 0.5) is 13.2 Å². The predicted molar refractivity (Wildman–Crippen MR) is 50.5 cm³/mol. The van der Waals surface area contributed by atoms with Gasteiger partial charge < -0.3 is 4.74 Å². The summed E-state index contributed by atoms with van der Waals surface area (Å²) >= 11 is 0. The van der Waals surface area contributed by atoms with Crippen molar-refractivity contribution in [2.24, 2.45) is 0 Å². The molecule has 0 aromatic carbocycles. The average Bonchev–Trinajstić information content (AvgIpc) is 2.18. The molecule has 0 bridgehead atoms. The maximum absolute atomic E-state index is 11.8. The normalized spacial score (nSPS) is 11.2. The van der Waals surface area contributed by atoms with Gasteiger partial charge in [0, 0.05) is 17.3 Å². The first-order chi connectivity index (χ1) is 7.42. The van der Waals surface area contributed by atoms with Crippen molar-refractivity contribution in [3.8, 4) is 5.88 Å². The van der Waals surface area contributed by atoms with E-state index in [2.05, 4.69) is 4.98 Å². The molecule has 1 rings (SSSR count). The first-order valence-corrected chi connectivity index (χ1v) is 4.54. The molecule has 0 N–H and O–H groups in total. The van der Waals surface area contributed by atoms with Crippen LogP contribution in [0.25, 0.3) is 0 Å². The van der Waals surface area contributed by atoms with Gasteiger partial charge in [-0.3, -0.25) is 4.79 Å². The summed E-state index contributed by atoms with van der Waals surface area (Å²) in [4.78, 5) is 14.1. The van der Waals surface area contributed by atoms with Crippen molar-refractivity contribution in [3.63, 3.8) is 0 Å². The average molecular weight is 233 g/mol. The van der Waals surface area contributed by atoms with E-state index in [1.165, 1.54) is 12.3 Å². The van der Waals surface area contributed by atoms with Gasteiger partial charge in [-0.05, 0) is 13.0 Å². The van der Waals surface area contributed by atoms with Crippen molar-refractivity contribution in [1.29, 1.82) is 0 Å². The molecule has 0 saturated carbocycles. The Morgan fingerprint density at radius 2 is 2.19 bits per heavy atom. The van der Waals surface area contributed by atoms with E-state index in [0.29, 0.717) is 17.4 Å². The Labute approximate surface area is 90.2 Å². The van der Waals surface area contributed by atoms with Gasteiger partial charge in [0.15, 0.2) is 6.29 Å². The number of alkyl halides is 3. The van der Waals surface area contributed by atoms with E-state index in [-0.39, 0.29) is 5.88 Å². The van der Waals surface area contributed by atoms with Crippen LogP contribution in [0.15, 0.2) is 12.3 Å². The zero-order chi connectivity index (χ0) is 12.2. The van der Waals surface area contributed by atoms with E-state index in [1.54, 1.807) is 6.92 Å². The van der Waals surface area contributed by atoms with Crippen LogP contribution in [0.5, 0.6) is 5.88 Å². The number of aromatic nitrogens is 1. The molecule has 0 amide bonds. The summed E-state index contributed by atoms with van der Waals surface area (Å²) in [7, 11) is 0. The lowest BCUT2D eigenvalue weighted by atomic mass is 10.2. The molecule has 0 aliphatic carbocycles. The Kier molecular flexibility index (Phi) is 3.87. The standard InChI is InChI=1S/C10H10F3NO2/c1-7-4-8(6-15)5-14-9(7)16-3-2-10(11,12)13/h4-6H,2-3H2,1H3. The molecule has 88 valence electrons. The van der Waals surface area contributed by atoms with E-state index in [1.807, 2.05) is 0 Å². The second-order valence-electron chi connectivity index (χ2n) is 3.22. The van der Waals surface area contributed by atoms with Gasteiger partial charge in [0.25, 0.3) is 0 Å². The molecule has 3 nitrogen and oxygen atoms in total. The largest absolute Gasteiger partial charge is 0.477 e. The van der Waals surface area contributed by atoms with Crippen LogP contribution < -0.4 is 4.74 Å². The molecule has 6 heteroatoms. The molecule has 0 saturated heterocycles. The van der Waals surface area contributed by atoms with Crippen molar-refractivity contribution in [2.75, 3.05) is 6.61 Å². The summed E-state index contributed by atoms with van der Waals surface area (Å²) in [5.74, 6) is 0.120. The fraction of sp³-hybridized carbons (Fsp3) is 0.400. The molecule has 1 aromatic rings. The Morgan fingerprint density at radius 1 is 1.50 bits per heavy atom. The van der Waals surface area contributed by atoms with Gasteiger partial charge >= 0.3 is 6.18 Å². The summed E-state index contributed by atoms with van der Waals surface area (Å²) in [6.07, 6.45) is -3.40. The minimum atomic E-state index is -4.24. The number of aldehydes is 1. The molecule has 0 radical (unpaired) electrons. The Bertz CT molecular complexity index is 377. The number of nitrogens with zero attached hydrogens (tertiary/aromatic N) is 1. The van der Waals surface area contributed by atoms with Crippen molar-refractivity contribution in [2.45, 2.75) is 19.5 Å². The van der Waals surface area contributed by atoms with E-state index < -0.39 is 19.2 Å². The maximum Gasteiger partial charge on any atom is 0.392 e. The van der Waals surface area contributed by atoms with Crippen LogP contribution in [0.1, 0.15) is 22.3 Å². The molecule has 0 fully saturated rings. The quantitative estimate of drug-likeness (QED) is 0.750. The molecule has 1 heterocycles. The molecule has 0 atom stereocenters. The number of rotatable bonds is 4. The lowest BCUT2D eigenvalue weighted by molar-refractivity contribution is -0.139. The van der Waals surface area contributed by atoms with Crippen molar-refractivity contribution in [1.82, 2.24) is 4.98 Å². The fourth-order valence-electron chi connectivity index (χ4n) is 1.06. The van der Waals surface area contributed by atoms with Gasteiger partial charge in [-0.15, -0.1) is 0 Å². The molecule has 1 aromatic heterocycles. The third-order valence-corrected chi connectivity index (χ3v) is 1.81. The number of aryl methyl sites for hydroxylation is 1. The monoisotopic (exact) mass is 233 g/mol. The zero-order valence-corrected chi connectivity index (χ0v) is 8.54. The highest BCUT2D eigenvalue weighted by Crippen LogP contribution is 2.21. The highest BCUT2D eigenvalue weighted by molar-refractivity contribution is 5.74. The second-order valence-corrected chi connectivity index (χ2v) is 3.22. The number of carbonyl (C=O) groups excluding carboxylic acids is 1. The number of ether oxygens (including phenoxy) is 1. The van der Waals surface area contributed by atoms with Gasteiger partial charge in [-0.1, -0.05) is 0 Å². The maximum atomic E-state index is 11.8. The van der Waals surface area contributed by atoms with Crippen LogP contribution in [-0.4, -0.2) is 24.1 Å². The van der Waals surface area contributed by atoms with Gasteiger partial charge in [0.05, 0.1) is 13.0 Å². The van der Waals surface area contributed by atoms with E-state index in [0.717, 1.165) is 0 Å². The minimum absolute atomic E-state index is 0.120. The van der Waals surface area contributed by atoms with E-state index in [4.69, 9.17) is 4.74 Å². The Morgan fingerprint density at radius 3 is 2.69 bits per heavy atom. The van der Waals surface area contributed by atoms with Gasteiger partial charge in [-0.2, -0.15) is 13.2 Å². The summed E-state index contributed by atoms with van der Waals surface area (Å²) in [5, 5.41) is 0. The van der Waals surface area contributed by atoms with Crippen LogP contribution >= 0.6 is 0 Å². The Hall–Kier alpha value is -1.59. The molecule has 0 aliphatic heterocycles. The number of pyridine rings is 1. The van der Waals surface area contributed by atoms with Crippen LogP contribution in [-0.2, 0) is 0 Å². The summed E-state index contributed by atoms with van der Waals surface area (Å²) in [6, 6.07) is 1.50. The topological polar surface area (TPSA) is 39.2 Å². The lowest BCUT2D eigenvalue weighted by Crippen LogP contribution is -2.13. The smallest absolute Gasteiger partial charge is 0.392 e. The SMILES string of the molecule is Cc1cc(C=O)cnc1OCCC(F)(F)F. The van der Waals surface area contributed by atoms with Crippen molar-refractivity contribution >= 4 is 6.29 Å². The molecule has 0 unspecified atom stereocenters. The lowest BCUT2D eigenvalue weighted by Gasteiger charge is -2.09. The van der Waals surface area contributed by atoms with Crippen LogP contribution in [0, 0.1) is 6.92 Å². The summed E-state index contributed by atoms with van der Waals surface area (Å²) in [6.45, 7) is 1.14. The Balaban J connectivity index is 2.58. The number of carbonyl (C=O) groups is 1. The first-order valence-electron chi connectivity index (χ1n) is 4.54. The highest BCUT2D eigenvalue weighted by Gasteiger charge is 2.27. The minimum Gasteiger partial charge on any atom is -0.477 e. The van der Waals surface area contributed by atoms with Gasteiger partial charge in [0.1, 0.15) is 0 Å². The zero-order valence-electron chi connectivity index (χ0n) is 8.54. The van der Waals surface area contributed by atoms with Crippen LogP contribution in [0.3, 0.4) is 0 Å². The van der Waals surface area contributed by atoms with Crippen LogP contribution in [0.2, 0.25) is 0 Å². The second kappa shape index (κ2) is 4.96. The van der Waals surface area contributed by atoms with Gasteiger partial charge in [-0.25, -0.2) is 4.98 Å². The molecule has 0 aliphatic rings. The fourth-order valence-corrected chi connectivity index (χ4v) is 1.06. The number of hydrogen-bond acceptors (Lipinski definition) is 3. The molecule has 16 heavy (non-hydrogen) atoms. The molecular weight excluding hydrogens is 223 g/mol. The van der Waals surface area contributed by atoms with E-state index in [9.17, 15) is 18.0 Å². The third-order valence-electron chi connectivity index (χ3n) is 1.81. The van der Waals surface area contributed by atoms with Crippen molar-refractivity contribution < 1.29 is 22.7 Å². The molecular formula is C10H10F3NO2. The number of halogens is 3. The highest BCUT2D eigenvalue weighted by atomic mass is 19.4. The van der Waals surface area contributed by atoms with Crippen molar-refractivity contribution in [3.05, 3.63) is 23.4 Å². The molecule has 0 spiro atoms. The third kappa shape index (κ3) is 3.88.